The molecule has 1 aliphatic carbocycles. The fourth-order valence-corrected chi connectivity index (χ4v) is 3.30. The quantitative estimate of drug-likeness (QED) is 0.812. The second-order valence-electron chi connectivity index (χ2n) is 6.61. The van der Waals surface area contributed by atoms with Gasteiger partial charge in [-0.15, -0.1) is 0 Å². The van der Waals surface area contributed by atoms with E-state index in [1.165, 1.54) is 0 Å². The van der Waals surface area contributed by atoms with E-state index in [2.05, 4.69) is 43.5 Å². The minimum Gasteiger partial charge on any atom is -0.376 e. The Balaban J connectivity index is 2.09. The number of hydrogen-bond acceptors (Lipinski definition) is 3. The van der Waals surface area contributed by atoms with Gasteiger partial charge in [0.05, 0.1) is 17.4 Å². The molecule has 0 bridgehead atoms. The van der Waals surface area contributed by atoms with Crippen molar-refractivity contribution in [2.24, 2.45) is 5.41 Å². The van der Waals surface area contributed by atoms with E-state index in [-0.39, 0.29) is 17.2 Å². The minimum atomic E-state index is 0.0422. The van der Waals surface area contributed by atoms with Crippen molar-refractivity contribution in [3.8, 4) is 0 Å². The number of fused-ring (bicyclic) bond motifs is 1. The highest BCUT2D eigenvalue weighted by Gasteiger charge is 2.37. The molecule has 0 saturated heterocycles. The Morgan fingerprint density at radius 3 is 2.60 bits per heavy atom. The standard InChI is InChI=1S/C17H22N2O/c1-4-11-16-14(9-17(2,3)10-15(16)20)19-13-8-6-5-7-12(13)18-11/h5-8,11,18-19H,4,9-10H2,1-3H3/t11-/m0/s1. The molecule has 0 fully saturated rings. The minimum absolute atomic E-state index is 0.0422. The Labute approximate surface area is 120 Å². The summed E-state index contributed by atoms with van der Waals surface area (Å²) in [6.45, 7) is 6.46. The van der Waals surface area contributed by atoms with Gasteiger partial charge in [0, 0.05) is 17.7 Å². The van der Waals surface area contributed by atoms with Gasteiger partial charge in [-0.25, -0.2) is 0 Å². The van der Waals surface area contributed by atoms with Crippen LogP contribution in [0.5, 0.6) is 0 Å². The van der Waals surface area contributed by atoms with Crippen molar-refractivity contribution in [2.75, 3.05) is 10.6 Å². The van der Waals surface area contributed by atoms with Crippen LogP contribution in [0.15, 0.2) is 35.5 Å². The molecule has 2 aliphatic rings. The summed E-state index contributed by atoms with van der Waals surface area (Å²) in [6, 6.07) is 8.30. The largest absolute Gasteiger partial charge is 0.376 e. The number of rotatable bonds is 1. The van der Waals surface area contributed by atoms with E-state index in [4.69, 9.17) is 0 Å². The molecule has 106 valence electrons. The zero-order valence-electron chi connectivity index (χ0n) is 12.4. The Bertz CT molecular complexity index is 586. The van der Waals surface area contributed by atoms with Crippen LogP contribution in [0.2, 0.25) is 0 Å². The van der Waals surface area contributed by atoms with Gasteiger partial charge in [-0.2, -0.15) is 0 Å². The third kappa shape index (κ3) is 2.21. The van der Waals surface area contributed by atoms with Crippen LogP contribution in [0.1, 0.15) is 40.0 Å². The molecule has 0 unspecified atom stereocenters. The van der Waals surface area contributed by atoms with Crippen molar-refractivity contribution in [1.29, 1.82) is 0 Å². The van der Waals surface area contributed by atoms with E-state index in [0.29, 0.717) is 6.42 Å². The van der Waals surface area contributed by atoms with Gasteiger partial charge in [0.25, 0.3) is 0 Å². The van der Waals surface area contributed by atoms with Gasteiger partial charge in [0.2, 0.25) is 0 Å². The Morgan fingerprint density at radius 2 is 1.90 bits per heavy atom. The summed E-state index contributed by atoms with van der Waals surface area (Å²) in [6.07, 6.45) is 2.49. The third-order valence-electron chi connectivity index (χ3n) is 4.22. The maximum absolute atomic E-state index is 12.6. The lowest BCUT2D eigenvalue weighted by Gasteiger charge is -2.33. The normalized spacial score (nSPS) is 24.1. The summed E-state index contributed by atoms with van der Waals surface area (Å²) in [4.78, 5) is 12.6. The molecule has 3 nitrogen and oxygen atoms in total. The van der Waals surface area contributed by atoms with Crippen molar-refractivity contribution in [3.05, 3.63) is 35.5 Å². The molecule has 3 rings (SSSR count). The first-order valence-corrected chi connectivity index (χ1v) is 7.39. The molecule has 1 aromatic rings. The highest BCUT2D eigenvalue weighted by Crippen LogP contribution is 2.41. The summed E-state index contributed by atoms with van der Waals surface area (Å²) in [5, 5.41) is 7.03. The number of anilines is 2. The van der Waals surface area contributed by atoms with Gasteiger partial charge < -0.3 is 10.6 Å². The number of para-hydroxylation sites is 2. The van der Waals surface area contributed by atoms with E-state index < -0.39 is 0 Å². The van der Waals surface area contributed by atoms with Crippen LogP contribution in [-0.2, 0) is 4.79 Å². The van der Waals surface area contributed by atoms with Crippen molar-refractivity contribution >= 4 is 17.2 Å². The van der Waals surface area contributed by atoms with E-state index in [0.717, 1.165) is 35.5 Å². The number of hydrogen-bond donors (Lipinski definition) is 2. The van der Waals surface area contributed by atoms with Crippen LogP contribution in [0, 0.1) is 5.41 Å². The van der Waals surface area contributed by atoms with Crippen molar-refractivity contribution in [1.82, 2.24) is 0 Å². The lowest BCUT2D eigenvalue weighted by Crippen LogP contribution is -2.34. The fraction of sp³-hybridized carbons (Fsp3) is 0.471. The number of carbonyl (C=O) groups excluding carboxylic acids is 1. The van der Waals surface area contributed by atoms with Gasteiger partial charge in [-0.3, -0.25) is 4.79 Å². The predicted molar refractivity (Wildman–Crippen MR) is 82.8 cm³/mol. The van der Waals surface area contributed by atoms with Gasteiger partial charge in [0.15, 0.2) is 5.78 Å². The molecule has 0 saturated carbocycles. The highest BCUT2D eigenvalue weighted by molar-refractivity contribution is 6.00. The van der Waals surface area contributed by atoms with Crippen LogP contribution >= 0.6 is 0 Å². The van der Waals surface area contributed by atoms with Gasteiger partial charge in [-0.1, -0.05) is 32.9 Å². The van der Waals surface area contributed by atoms with Crippen LogP contribution in [-0.4, -0.2) is 11.8 Å². The molecule has 3 heteroatoms. The SMILES string of the molecule is CC[C@@H]1Nc2ccccc2NC2=C1C(=O)CC(C)(C)C2. The smallest absolute Gasteiger partial charge is 0.163 e. The highest BCUT2D eigenvalue weighted by atomic mass is 16.1. The average Bonchev–Trinajstić information content (AvgIpc) is 2.52. The number of carbonyl (C=O) groups is 1. The maximum atomic E-state index is 12.6. The van der Waals surface area contributed by atoms with Crippen LogP contribution in [0.3, 0.4) is 0 Å². The Morgan fingerprint density at radius 1 is 1.20 bits per heavy atom. The molecule has 1 heterocycles. The molecule has 0 amide bonds. The van der Waals surface area contributed by atoms with Gasteiger partial charge in [-0.05, 0) is 30.4 Å². The number of ketones is 1. The lowest BCUT2D eigenvalue weighted by atomic mass is 9.74. The zero-order valence-corrected chi connectivity index (χ0v) is 12.4. The van der Waals surface area contributed by atoms with Crippen LogP contribution < -0.4 is 10.6 Å². The number of nitrogens with one attached hydrogen (secondary N) is 2. The lowest BCUT2D eigenvalue weighted by molar-refractivity contribution is -0.118. The van der Waals surface area contributed by atoms with Crippen LogP contribution in [0.25, 0.3) is 0 Å². The second-order valence-corrected chi connectivity index (χ2v) is 6.61. The summed E-state index contributed by atoms with van der Waals surface area (Å²) < 4.78 is 0. The first-order valence-electron chi connectivity index (χ1n) is 7.39. The molecule has 0 spiro atoms. The fourth-order valence-electron chi connectivity index (χ4n) is 3.30. The van der Waals surface area contributed by atoms with Crippen molar-refractivity contribution < 1.29 is 4.79 Å². The van der Waals surface area contributed by atoms with E-state index in [1.807, 2.05) is 12.1 Å². The number of benzene rings is 1. The van der Waals surface area contributed by atoms with Crippen molar-refractivity contribution in [2.45, 2.75) is 46.1 Å². The van der Waals surface area contributed by atoms with Crippen molar-refractivity contribution in [3.63, 3.8) is 0 Å². The Hall–Kier alpha value is -1.77. The summed E-state index contributed by atoms with van der Waals surface area (Å²) in [5.41, 5.74) is 4.26. The maximum Gasteiger partial charge on any atom is 0.163 e. The summed E-state index contributed by atoms with van der Waals surface area (Å²) >= 11 is 0. The van der Waals surface area contributed by atoms with E-state index in [9.17, 15) is 4.79 Å². The molecule has 0 aromatic heterocycles. The topological polar surface area (TPSA) is 41.1 Å². The first kappa shape index (κ1) is 13.2. The van der Waals surface area contributed by atoms with E-state index >= 15 is 0 Å². The molecule has 20 heavy (non-hydrogen) atoms. The second kappa shape index (κ2) is 4.65. The number of allylic oxidation sites excluding steroid dienone is 1. The average molecular weight is 270 g/mol. The van der Waals surface area contributed by atoms with Gasteiger partial charge in [0.1, 0.15) is 0 Å². The molecule has 2 N–H and O–H groups in total. The molecular formula is C17H22N2O. The van der Waals surface area contributed by atoms with E-state index in [1.54, 1.807) is 0 Å². The molecule has 1 aliphatic heterocycles. The Kier molecular flexibility index (Phi) is 3.08. The third-order valence-corrected chi connectivity index (χ3v) is 4.22. The molecule has 1 atom stereocenters. The molecular weight excluding hydrogens is 248 g/mol. The molecule has 0 radical (unpaired) electrons. The van der Waals surface area contributed by atoms with Gasteiger partial charge >= 0.3 is 0 Å². The van der Waals surface area contributed by atoms with Crippen LogP contribution in [0.4, 0.5) is 11.4 Å². The molecule has 1 aromatic carbocycles. The first-order chi connectivity index (χ1) is 9.50. The predicted octanol–water partition coefficient (Wildman–Crippen LogP) is 3.95. The number of Topliss-reactive ketones (excluding diaryl/α,β-unsaturated/α-hetero) is 1. The zero-order chi connectivity index (χ0) is 14.3. The summed E-state index contributed by atoms with van der Waals surface area (Å²) in [7, 11) is 0. The summed E-state index contributed by atoms with van der Waals surface area (Å²) in [5.74, 6) is 0.288. The monoisotopic (exact) mass is 270 g/mol.